The molecule has 0 radical (unpaired) electrons. The van der Waals surface area contributed by atoms with Crippen molar-refractivity contribution in [2.75, 3.05) is 13.2 Å². The maximum Gasteiger partial charge on any atom is 0.0575 e. The first kappa shape index (κ1) is 15.5. The molecule has 0 bridgehead atoms. The van der Waals surface area contributed by atoms with E-state index in [-0.39, 0.29) is 0 Å². The van der Waals surface area contributed by atoms with Crippen molar-refractivity contribution in [2.24, 2.45) is 7.05 Å². The van der Waals surface area contributed by atoms with Crippen molar-refractivity contribution >= 4 is 0 Å². The predicted octanol–water partition coefficient (Wildman–Crippen LogP) is 2.68. The van der Waals surface area contributed by atoms with Gasteiger partial charge in [-0.1, -0.05) is 6.92 Å². The summed E-state index contributed by atoms with van der Waals surface area (Å²) in [5, 5.41) is 7.85. The monoisotopic (exact) mass is 279 g/mol. The summed E-state index contributed by atoms with van der Waals surface area (Å²) in [6.45, 7) is 4.20. The SMILES string of the molecule is CCNC(CCc1cnn(C)c1)CCC1CCCCO1. The molecule has 20 heavy (non-hydrogen) atoms. The van der Waals surface area contributed by atoms with E-state index in [4.69, 9.17) is 4.74 Å². The van der Waals surface area contributed by atoms with Gasteiger partial charge in [0.05, 0.1) is 12.3 Å². The van der Waals surface area contributed by atoms with Crippen LogP contribution in [0.3, 0.4) is 0 Å². The van der Waals surface area contributed by atoms with E-state index in [9.17, 15) is 0 Å². The van der Waals surface area contributed by atoms with E-state index >= 15 is 0 Å². The number of hydrogen-bond acceptors (Lipinski definition) is 3. The molecule has 0 aromatic carbocycles. The molecule has 1 N–H and O–H groups in total. The van der Waals surface area contributed by atoms with Crippen molar-refractivity contribution < 1.29 is 4.74 Å². The Balaban J connectivity index is 1.71. The van der Waals surface area contributed by atoms with Crippen molar-refractivity contribution in [3.63, 3.8) is 0 Å². The van der Waals surface area contributed by atoms with E-state index in [0.29, 0.717) is 12.1 Å². The summed E-state index contributed by atoms with van der Waals surface area (Å²) in [7, 11) is 1.98. The second-order valence-electron chi connectivity index (χ2n) is 5.88. The van der Waals surface area contributed by atoms with Gasteiger partial charge in [-0.05, 0) is 57.1 Å². The first-order valence-electron chi connectivity index (χ1n) is 8.10. The van der Waals surface area contributed by atoms with E-state index < -0.39 is 0 Å². The van der Waals surface area contributed by atoms with Gasteiger partial charge in [0.25, 0.3) is 0 Å². The van der Waals surface area contributed by atoms with Crippen LogP contribution < -0.4 is 5.32 Å². The Morgan fingerprint density at radius 3 is 3.00 bits per heavy atom. The Morgan fingerprint density at radius 1 is 1.45 bits per heavy atom. The molecule has 4 nitrogen and oxygen atoms in total. The first-order valence-corrected chi connectivity index (χ1v) is 8.10. The highest BCUT2D eigenvalue weighted by Gasteiger charge is 2.16. The zero-order valence-electron chi connectivity index (χ0n) is 13.0. The van der Waals surface area contributed by atoms with Crippen molar-refractivity contribution in [1.29, 1.82) is 0 Å². The molecule has 1 saturated heterocycles. The highest BCUT2D eigenvalue weighted by Crippen LogP contribution is 2.19. The molecule has 1 aliphatic rings. The molecular weight excluding hydrogens is 250 g/mol. The molecular formula is C16H29N3O. The normalized spacial score (nSPS) is 21.0. The number of rotatable bonds is 8. The third-order valence-corrected chi connectivity index (χ3v) is 4.14. The number of aryl methyl sites for hydroxylation is 2. The van der Waals surface area contributed by atoms with Gasteiger partial charge in [0.1, 0.15) is 0 Å². The second kappa shape index (κ2) is 8.42. The van der Waals surface area contributed by atoms with Gasteiger partial charge in [0, 0.05) is 25.9 Å². The molecule has 2 atom stereocenters. The van der Waals surface area contributed by atoms with Gasteiger partial charge in [-0.2, -0.15) is 5.10 Å². The average molecular weight is 279 g/mol. The summed E-state index contributed by atoms with van der Waals surface area (Å²) in [5.41, 5.74) is 1.34. The fourth-order valence-electron chi connectivity index (χ4n) is 3.00. The minimum atomic E-state index is 0.503. The number of nitrogens with one attached hydrogen (secondary N) is 1. The molecule has 0 spiro atoms. The summed E-state index contributed by atoms with van der Waals surface area (Å²) >= 11 is 0. The van der Waals surface area contributed by atoms with Gasteiger partial charge in [0.2, 0.25) is 0 Å². The summed E-state index contributed by atoms with van der Waals surface area (Å²) in [5.74, 6) is 0. The average Bonchev–Trinajstić information content (AvgIpc) is 2.89. The topological polar surface area (TPSA) is 39.1 Å². The maximum atomic E-state index is 5.83. The Kier molecular flexibility index (Phi) is 6.54. The minimum Gasteiger partial charge on any atom is -0.378 e. The third kappa shape index (κ3) is 5.25. The lowest BCUT2D eigenvalue weighted by Crippen LogP contribution is -2.31. The maximum absolute atomic E-state index is 5.83. The van der Waals surface area contributed by atoms with Gasteiger partial charge in [0.15, 0.2) is 0 Å². The Labute approximate surface area is 122 Å². The lowest BCUT2D eigenvalue weighted by molar-refractivity contribution is 0.00847. The van der Waals surface area contributed by atoms with Crippen molar-refractivity contribution in [3.05, 3.63) is 18.0 Å². The third-order valence-electron chi connectivity index (χ3n) is 4.14. The van der Waals surface area contributed by atoms with E-state index in [2.05, 4.69) is 23.5 Å². The lowest BCUT2D eigenvalue weighted by atomic mass is 9.98. The molecule has 1 aliphatic heterocycles. The molecule has 0 aliphatic carbocycles. The fourth-order valence-corrected chi connectivity index (χ4v) is 3.00. The van der Waals surface area contributed by atoms with Crippen molar-refractivity contribution in [3.8, 4) is 0 Å². The Morgan fingerprint density at radius 2 is 2.35 bits per heavy atom. The summed E-state index contributed by atoms with van der Waals surface area (Å²) in [6, 6.07) is 0.603. The molecule has 1 fully saturated rings. The lowest BCUT2D eigenvalue weighted by Gasteiger charge is -2.25. The van der Waals surface area contributed by atoms with Gasteiger partial charge in [-0.15, -0.1) is 0 Å². The largest absolute Gasteiger partial charge is 0.378 e. The van der Waals surface area contributed by atoms with Gasteiger partial charge < -0.3 is 10.1 Å². The number of aromatic nitrogens is 2. The highest BCUT2D eigenvalue weighted by atomic mass is 16.5. The van der Waals surface area contributed by atoms with Crippen LogP contribution in [-0.2, 0) is 18.2 Å². The van der Waals surface area contributed by atoms with Crippen LogP contribution >= 0.6 is 0 Å². The van der Waals surface area contributed by atoms with E-state index in [1.165, 1.54) is 44.1 Å². The predicted molar refractivity (Wildman–Crippen MR) is 81.8 cm³/mol. The molecule has 1 aromatic rings. The van der Waals surface area contributed by atoms with Gasteiger partial charge in [-0.3, -0.25) is 4.68 Å². The van der Waals surface area contributed by atoms with Gasteiger partial charge >= 0.3 is 0 Å². The summed E-state index contributed by atoms with van der Waals surface area (Å²) < 4.78 is 7.71. The van der Waals surface area contributed by atoms with Gasteiger partial charge in [-0.25, -0.2) is 0 Å². The molecule has 2 unspecified atom stereocenters. The number of hydrogen-bond donors (Lipinski definition) is 1. The zero-order chi connectivity index (χ0) is 14.2. The quantitative estimate of drug-likeness (QED) is 0.795. The van der Waals surface area contributed by atoms with Crippen LogP contribution in [0.5, 0.6) is 0 Å². The Bertz CT molecular complexity index is 372. The van der Waals surface area contributed by atoms with E-state index in [0.717, 1.165) is 19.6 Å². The van der Waals surface area contributed by atoms with Crippen LogP contribution in [0.2, 0.25) is 0 Å². The van der Waals surface area contributed by atoms with Crippen LogP contribution in [0.1, 0.15) is 51.0 Å². The number of nitrogens with zero attached hydrogens (tertiary/aromatic N) is 2. The zero-order valence-corrected chi connectivity index (χ0v) is 13.0. The van der Waals surface area contributed by atoms with Crippen LogP contribution in [0.4, 0.5) is 0 Å². The molecule has 1 aromatic heterocycles. The van der Waals surface area contributed by atoms with E-state index in [1.54, 1.807) is 0 Å². The fraction of sp³-hybridized carbons (Fsp3) is 0.812. The molecule has 2 rings (SSSR count). The number of ether oxygens (including phenoxy) is 1. The molecule has 114 valence electrons. The van der Waals surface area contributed by atoms with Crippen LogP contribution in [-0.4, -0.2) is 35.1 Å². The standard InChI is InChI=1S/C16H29N3O/c1-3-17-15(8-7-14-12-18-19(2)13-14)9-10-16-6-4-5-11-20-16/h12-13,15-17H,3-11H2,1-2H3. The summed E-state index contributed by atoms with van der Waals surface area (Å²) in [6.07, 6.45) is 13.2. The molecule has 0 amide bonds. The first-order chi connectivity index (χ1) is 9.78. The van der Waals surface area contributed by atoms with Crippen LogP contribution in [0, 0.1) is 0 Å². The van der Waals surface area contributed by atoms with Crippen molar-refractivity contribution in [2.45, 2.75) is 64.0 Å². The van der Waals surface area contributed by atoms with Crippen LogP contribution in [0.15, 0.2) is 12.4 Å². The highest BCUT2D eigenvalue weighted by molar-refractivity contribution is 5.03. The minimum absolute atomic E-state index is 0.503. The molecule has 0 saturated carbocycles. The Hall–Kier alpha value is -0.870. The van der Waals surface area contributed by atoms with Crippen molar-refractivity contribution in [1.82, 2.24) is 15.1 Å². The smallest absolute Gasteiger partial charge is 0.0575 e. The second-order valence-corrected chi connectivity index (χ2v) is 5.88. The molecule has 2 heterocycles. The van der Waals surface area contributed by atoms with E-state index in [1.807, 2.05) is 17.9 Å². The molecule has 4 heteroatoms. The summed E-state index contributed by atoms with van der Waals surface area (Å²) in [4.78, 5) is 0. The van der Waals surface area contributed by atoms with Crippen LogP contribution in [0.25, 0.3) is 0 Å².